The summed E-state index contributed by atoms with van der Waals surface area (Å²) in [4.78, 5) is 26.1. The quantitative estimate of drug-likeness (QED) is 0.316. The second-order valence-electron chi connectivity index (χ2n) is 8.13. The second-order valence-corrected chi connectivity index (χ2v) is 8.13. The van der Waals surface area contributed by atoms with Gasteiger partial charge in [-0.25, -0.2) is 8.78 Å². The van der Waals surface area contributed by atoms with Crippen LogP contribution in [0.3, 0.4) is 0 Å². The molecule has 8 nitrogen and oxygen atoms in total. The Morgan fingerprint density at radius 1 is 1.17 bits per heavy atom. The summed E-state index contributed by atoms with van der Waals surface area (Å²) in [6, 6.07) is 13.7. The summed E-state index contributed by atoms with van der Waals surface area (Å²) < 4.78 is 33.6. The van der Waals surface area contributed by atoms with Gasteiger partial charge in [0.05, 0.1) is 18.5 Å². The topological polar surface area (TPSA) is 95.1 Å². The first-order valence-electron chi connectivity index (χ1n) is 10.7. The predicted molar refractivity (Wildman–Crippen MR) is 125 cm³/mol. The average molecular weight is 481 g/mol. The van der Waals surface area contributed by atoms with Crippen LogP contribution in [0.15, 0.2) is 72.1 Å². The first-order valence-corrected chi connectivity index (χ1v) is 10.7. The molecule has 1 aliphatic heterocycles. The lowest BCUT2D eigenvalue weighted by molar-refractivity contribution is -0.904. The SMILES string of the molecule is COc1ccc(N2N=C(C)C(C(=O)Nc3cccc(C(C)(F)F)c3)C2=O)cc1-c1cc[n+](O)cc1. The number of alkyl halides is 2. The lowest BCUT2D eigenvalue weighted by atomic mass is 10.0. The van der Waals surface area contributed by atoms with E-state index in [1.165, 1.54) is 43.8 Å². The summed E-state index contributed by atoms with van der Waals surface area (Å²) in [5, 5.41) is 17.5. The Hall–Kier alpha value is -4.34. The van der Waals surface area contributed by atoms with Gasteiger partial charge in [-0.2, -0.15) is 10.1 Å². The maximum absolute atomic E-state index is 13.6. The molecule has 0 fully saturated rings. The molecule has 0 saturated carbocycles. The zero-order chi connectivity index (χ0) is 25.3. The molecular formula is C25H23F2N4O4+. The molecule has 2 amide bonds. The van der Waals surface area contributed by atoms with Gasteiger partial charge in [-0.05, 0) is 42.8 Å². The van der Waals surface area contributed by atoms with E-state index < -0.39 is 23.7 Å². The zero-order valence-corrected chi connectivity index (χ0v) is 19.2. The van der Waals surface area contributed by atoms with Crippen LogP contribution in [-0.2, 0) is 15.5 Å². The number of methoxy groups -OCH3 is 1. The van der Waals surface area contributed by atoms with Crippen LogP contribution in [0.1, 0.15) is 19.4 Å². The van der Waals surface area contributed by atoms with Crippen molar-refractivity contribution in [3.63, 3.8) is 0 Å². The van der Waals surface area contributed by atoms with E-state index in [2.05, 4.69) is 10.4 Å². The van der Waals surface area contributed by atoms with Crippen molar-refractivity contribution in [3.8, 4) is 16.9 Å². The molecule has 0 saturated heterocycles. The molecule has 0 bridgehead atoms. The normalized spacial score (nSPS) is 15.7. The second kappa shape index (κ2) is 9.13. The number of rotatable bonds is 6. The van der Waals surface area contributed by atoms with E-state index in [0.717, 1.165) is 22.2 Å². The van der Waals surface area contributed by atoms with E-state index in [1.54, 1.807) is 37.3 Å². The number of nitrogens with one attached hydrogen (secondary N) is 1. The number of amides is 2. The Kier molecular flexibility index (Phi) is 6.21. The van der Waals surface area contributed by atoms with Gasteiger partial charge in [0.1, 0.15) is 5.75 Å². The van der Waals surface area contributed by atoms with Crippen molar-refractivity contribution in [1.29, 1.82) is 0 Å². The molecule has 2 aromatic carbocycles. The van der Waals surface area contributed by atoms with E-state index in [9.17, 15) is 23.6 Å². The molecule has 1 unspecified atom stereocenters. The minimum Gasteiger partial charge on any atom is -0.496 e. The Balaban J connectivity index is 1.59. The summed E-state index contributed by atoms with van der Waals surface area (Å²) in [6.07, 6.45) is 2.91. The molecule has 1 aliphatic rings. The number of hydrogen-bond donors (Lipinski definition) is 2. The minimum absolute atomic E-state index is 0.157. The standard InChI is InChI=1S/C25H22F2N4O4/c1-15-22(23(32)28-18-6-4-5-17(13-18)25(2,26)27)24(33)31(29-15)19-7-8-21(35-3)20(14-19)16-9-11-30(34)12-10-16/h4-14,22H,1-3H3,(H-,28,32,34)/p+1. The van der Waals surface area contributed by atoms with Gasteiger partial charge in [0.2, 0.25) is 18.3 Å². The van der Waals surface area contributed by atoms with Crippen molar-refractivity contribution in [1.82, 2.24) is 0 Å². The number of nitrogens with zero attached hydrogens (tertiary/aromatic N) is 3. The monoisotopic (exact) mass is 481 g/mol. The number of halogens is 2. The van der Waals surface area contributed by atoms with Crippen molar-refractivity contribution in [2.75, 3.05) is 17.4 Å². The van der Waals surface area contributed by atoms with Crippen LogP contribution in [0.2, 0.25) is 0 Å². The number of hydrogen-bond acceptors (Lipinski definition) is 5. The molecule has 2 N–H and O–H groups in total. The largest absolute Gasteiger partial charge is 0.496 e. The molecule has 0 spiro atoms. The van der Waals surface area contributed by atoms with Crippen molar-refractivity contribution >= 4 is 28.9 Å². The third-order valence-electron chi connectivity index (χ3n) is 5.58. The molecular weight excluding hydrogens is 458 g/mol. The molecule has 4 rings (SSSR count). The van der Waals surface area contributed by atoms with Crippen LogP contribution in [-0.4, -0.2) is 29.8 Å². The Labute approximate surface area is 200 Å². The fourth-order valence-electron chi connectivity index (χ4n) is 3.79. The van der Waals surface area contributed by atoms with Gasteiger partial charge >= 0.3 is 0 Å². The van der Waals surface area contributed by atoms with Crippen LogP contribution in [0.4, 0.5) is 20.2 Å². The predicted octanol–water partition coefficient (Wildman–Crippen LogP) is 3.98. The summed E-state index contributed by atoms with van der Waals surface area (Å²) in [5.41, 5.74) is 1.96. The lowest BCUT2D eigenvalue weighted by Gasteiger charge is -2.17. The number of benzene rings is 2. The average Bonchev–Trinajstić information content (AvgIpc) is 3.12. The molecule has 10 heteroatoms. The highest BCUT2D eigenvalue weighted by atomic mass is 19.3. The van der Waals surface area contributed by atoms with E-state index >= 15 is 0 Å². The lowest BCUT2D eigenvalue weighted by Crippen LogP contribution is -2.36. The third-order valence-corrected chi connectivity index (χ3v) is 5.58. The molecule has 1 aromatic heterocycles. The molecule has 2 heterocycles. The van der Waals surface area contributed by atoms with Crippen LogP contribution in [0.5, 0.6) is 5.75 Å². The number of aromatic nitrogens is 1. The molecule has 0 radical (unpaired) electrons. The number of anilines is 2. The Bertz CT molecular complexity index is 1320. The number of carbonyl (C=O) groups excluding carboxylic acids is 2. The van der Waals surface area contributed by atoms with Crippen LogP contribution in [0, 0.1) is 5.92 Å². The smallest absolute Gasteiger partial charge is 0.270 e. The summed E-state index contributed by atoms with van der Waals surface area (Å²) >= 11 is 0. The maximum atomic E-state index is 13.6. The van der Waals surface area contributed by atoms with Gasteiger partial charge in [0, 0.05) is 40.6 Å². The van der Waals surface area contributed by atoms with Crippen molar-refractivity contribution < 1.29 is 33.0 Å². The minimum atomic E-state index is -3.07. The summed E-state index contributed by atoms with van der Waals surface area (Å²) in [7, 11) is 1.51. The Morgan fingerprint density at radius 3 is 2.54 bits per heavy atom. The van der Waals surface area contributed by atoms with E-state index in [4.69, 9.17) is 4.74 Å². The van der Waals surface area contributed by atoms with Crippen LogP contribution in [0.25, 0.3) is 11.1 Å². The highest BCUT2D eigenvalue weighted by Crippen LogP contribution is 2.35. The number of ether oxygens (including phenoxy) is 1. The summed E-state index contributed by atoms with van der Waals surface area (Å²) in [5.74, 6) is -4.98. The first kappa shape index (κ1) is 23.8. The zero-order valence-electron chi connectivity index (χ0n) is 19.2. The molecule has 180 valence electrons. The number of carbonyl (C=O) groups is 2. The molecule has 0 aliphatic carbocycles. The van der Waals surface area contributed by atoms with E-state index in [1.807, 2.05) is 0 Å². The van der Waals surface area contributed by atoms with Gasteiger partial charge < -0.3 is 10.1 Å². The van der Waals surface area contributed by atoms with Gasteiger partial charge in [0.15, 0.2) is 5.92 Å². The van der Waals surface area contributed by atoms with Gasteiger partial charge in [-0.3, -0.25) is 14.8 Å². The molecule has 35 heavy (non-hydrogen) atoms. The van der Waals surface area contributed by atoms with Gasteiger partial charge in [-0.1, -0.05) is 12.1 Å². The van der Waals surface area contributed by atoms with Crippen molar-refractivity contribution in [2.45, 2.75) is 19.8 Å². The van der Waals surface area contributed by atoms with Gasteiger partial charge in [0.25, 0.3) is 11.8 Å². The highest BCUT2D eigenvalue weighted by Gasteiger charge is 2.40. The maximum Gasteiger partial charge on any atom is 0.270 e. The van der Waals surface area contributed by atoms with Crippen molar-refractivity contribution in [3.05, 3.63) is 72.6 Å². The van der Waals surface area contributed by atoms with Crippen LogP contribution < -0.4 is 19.8 Å². The third kappa shape index (κ3) is 4.81. The van der Waals surface area contributed by atoms with Crippen molar-refractivity contribution in [2.24, 2.45) is 11.0 Å². The first-order chi connectivity index (χ1) is 16.6. The molecule has 3 aromatic rings. The fourth-order valence-corrected chi connectivity index (χ4v) is 3.79. The molecule has 1 atom stereocenters. The van der Waals surface area contributed by atoms with Gasteiger partial charge in [-0.15, -0.1) is 0 Å². The highest BCUT2D eigenvalue weighted by molar-refractivity contribution is 6.28. The van der Waals surface area contributed by atoms with E-state index in [0.29, 0.717) is 17.0 Å². The fraction of sp³-hybridized carbons (Fsp3) is 0.200. The van der Waals surface area contributed by atoms with E-state index in [-0.39, 0.29) is 17.0 Å². The number of hydrazone groups is 1. The van der Waals surface area contributed by atoms with Crippen LogP contribution >= 0.6 is 0 Å². The number of pyridine rings is 1. The summed E-state index contributed by atoms with van der Waals surface area (Å²) in [6.45, 7) is 2.32. The Morgan fingerprint density at radius 2 is 1.89 bits per heavy atom.